The molecular weight excluding hydrogens is 504 g/mol. The lowest BCUT2D eigenvalue weighted by Gasteiger charge is -2.19. The second-order valence-corrected chi connectivity index (χ2v) is 9.44. The summed E-state index contributed by atoms with van der Waals surface area (Å²) in [6.07, 6.45) is 3.07. The Bertz CT molecular complexity index is 1550. The summed E-state index contributed by atoms with van der Waals surface area (Å²) in [6.45, 7) is 8.17. The van der Waals surface area contributed by atoms with Crippen molar-refractivity contribution in [3.8, 4) is 22.8 Å². The molecule has 0 aliphatic heterocycles. The summed E-state index contributed by atoms with van der Waals surface area (Å²) in [5.74, 6) is -1.41. The Morgan fingerprint density at radius 1 is 1.08 bits per heavy atom. The van der Waals surface area contributed by atoms with Crippen molar-refractivity contribution in [3.63, 3.8) is 0 Å². The van der Waals surface area contributed by atoms with Crippen molar-refractivity contribution in [1.29, 1.82) is 0 Å². The zero-order chi connectivity index (χ0) is 27.1. The molecule has 4 aromatic heterocycles. The average molecular weight is 528 g/mol. The summed E-state index contributed by atoms with van der Waals surface area (Å²) in [7, 11) is 0. The third kappa shape index (κ3) is 5.35. The molecule has 1 atom stereocenters. The zero-order valence-electron chi connectivity index (χ0n) is 20.8. The molecule has 0 amide bonds. The van der Waals surface area contributed by atoms with Crippen LogP contribution in [0.2, 0.25) is 5.02 Å². The molecule has 0 fully saturated rings. The molecule has 0 spiro atoms. The van der Waals surface area contributed by atoms with Crippen molar-refractivity contribution < 1.29 is 18.6 Å². The second-order valence-electron chi connectivity index (χ2n) is 9.07. The van der Waals surface area contributed by atoms with Crippen molar-refractivity contribution in [3.05, 3.63) is 92.6 Å². The number of halogens is 3. The third-order valence-corrected chi connectivity index (χ3v) is 5.95. The van der Waals surface area contributed by atoms with Crippen LogP contribution in [0.3, 0.4) is 0 Å². The van der Waals surface area contributed by atoms with E-state index in [1.807, 2.05) is 0 Å². The number of rotatable bonds is 6. The molecule has 0 aliphatic carbocycles. The lowest BCUT2D eigenvalue weighted by molar-refractivity contribution is 0.0688. The minimum atomic E-state index is -1.25. The Labute approximate surface area is 216 Å². The number of hydrogen-bond donors (Lipinski definition) is 1. The van der Waals surface area contributed by atoms with Crippen LogP contribution in [0.5, 0.6) is 5.75 Å². The average Bonchev–Trinajstić information content (AvgIpc) is 2.83. The van der Waals surface area contributed by atoms with Crippen molar-refractivity contribution in [2.24, 2.45) is 0 Å². The number of aromatic nitrogens is 5. The highest BCUT2D eigenvalue weighted by molar-refractivity contribution is 6.31. The van der Waals surface area contributed by atoms with E-state index >= 15 is 0 Å². The van der Waals surface area contributed by atoms with Gasteiger partial charge in [0.15, 0.2) is 11.6 Å². The van der Waals surface area contributed by atoms with Crippen LogP contribution in [0, 0.1) is 25.5 Å². The number of hydrogen-bond acceptors (Lipinski definition) is 7. The Morgan fingerprint density at radius 2 is 1.81 bits per heavy atom. The molecule has 0 radical (unpaired) electrons. The molecule has 0 aromatic carbocycles. The van der Waals surface area contributed by atoms with Crippen LogP contribution in [-0.4, -0.2) is 29.6 Å². The van der Waals surface area contributed by atoms with Crippen LogP contribution in [0.1, 0.15) is 49.7 Å². The molecule has 0 unspecified atom stereocenters. The SMILES string of the molecule is Cc1cnc(-c2ccnc(C(C)(C)O)n2)cc1-n1c(C)cc(O[C@H](C)c2ncc(F)cc2F)c(Cl)c1=O. The summed E-state index contributed by atoms with van der Waals surface area (Å²) in [6, 6.07) is 5.61. The van der Waals surface area contributed by atoms with Gasteiger partial charge in [-0.05, 0) is 52.3 Å². The minimum absolute atomic E-state index is 0.0380. The van der Waals surface area contributed by atoms with Gasteiger partial charge in [0.05, 0.1) is 23.3 Å². The molecule has 37 heavy (non-hydrogen) atoms. The van der Waals surface area contributed by atoms with Gasteiger partial charge in [0.1, 0.15) is 34.0 Å². The van der Waals surface area contributed by atoms with Gasteiger partial charge < -0.3 is 9.84 Å². The first-order valence-corrected chi connectivity index (χ1v) is 11.7. The molecule has 11 heteroatoms. The number of aliphatic hydroxyl groups is 1. The zero-order valence-corrected chi connectivity index (χ0v) is 21.5. The highest BCUT2D eigenvalue weighted by Gasteiger charge is 2.22. The standard InChI is InChI=1S/C26H24ClF2N5O3/c1-13-11-31-19(18-6-7-30-25(33-18)26(4,5)36)10-20(13)34-14(2)8-21(22(27)24(34)35)37-15(3)23-17(29)9-16(28)12-32-23/h6-12,15,36H,1-5H3/t15-/m1/s1. The largest absolute Gasteiger partial charge is 0.482 e. The normalized spacial score (nSPS) is 12.5. The maximum absolute atomic E-state index is 14.2. The monoisotopic (exact) mass is 527 g/mol. The van der Waals surface area contributed by atoms with Crippen LogP contribution in [0.4, 0.5) is 8.78 Å². The molecule has 0 saturated heterocycles. The predicted molar refractivity (Wildman–Crippen MR) is 134 cm³/mol. The first kappa shape index (κ1) is 26.3. The van der Waals surface area contributed by atoms with Crippen LogP contribution in [0.25, 0.3) is 17.1 Å². The molecule has 0 aliphatic rings. The summed E-state index contributed by atoms with van der Waals surface area (Å²) in [5, 5.41) is 10.1. The number of aryl methyl sites for hydroxylation is 2. The summed E-state index contributed by atoms with van der Waals surface area (Å²) in [4.78, 5) is 30.1. The van der Waals surface area contributed by atoms with Gasteiger partial charge in [-0.3, -0.25) is 19.3 Å². The van der Waals surface area contributed by atoms with Crippen molar-refractivity contribution >= 4 is 11.6 Å². The van der Waals surface area contributed by atoms with Gasteiger partial charge in [0.25, 0.3) is 5.56 Å². The van der Waals surface area contributed by atoms with E-state index < -0.39 is 28.9 Å². The van der Waals surface area contributed by atoms with Crippen molar-refractivity contribution in [1.82, 2.24) is 24.5 Å². The topological polar surface area (TPSA) is 103 Å². The maximum atomic E-state index is 14.2. The molecule has 0 bridgehead atoms. The van der Waals surface area contributed by atoms with Crippen molar-refractivity contribution in [2.75, 3.05) is 0 Å². The first-order chi connectivity index (χ1) is 17.4. The highest BCUT2D eigenvalue weighted by atomic mass is 35.5. The number of ether oxygens (including phenoxy) is 1. The Morgan fingerprint density at radius 3 is 2.49 bits per heavy atom. The highest BCUT2D eigenvalue weighted by Crippen LogP contribution is 2.30. The Hall–Kier alpha value is -3.76. The molecule has 4 rings (SSSR count). The van der Waals surface area contributed by atoms with Crippen LogP contribution < -0.4 is 10.3 Å². The van der Waals surface area contributed by atoms with Crippen LogP contribution in [-0.2, 0) is 5.60 Å². The fourth-order valence-corrected chi connectivity index (χ4v) is 3.91. The van der Waals surface area contributed by atoms with E-state index in [4.69, 9.17) is 16.3 Å². The van der Waals surface area contributed by atoms with Gasteiger partial charge in [0, 0.05) is 30.2 Å². The third-order valence-electron chi connectivity index (χ3n) is 5.61. The van der Waals surface area contributed by atoms with Gasteiger partial charge in [-0.2, -0.15) is 0 Å². The van der Waals surface area contributed by atoms with Crippen molar-refractivity contribution in [2.45, 2.75) is 46.3 Å². The summed E-state index contributed by atoms with van der Waals surface area (Å²) < 4.78 is 34.5. The van der Waals surface area contributed by atoms with E-state index in [2.05, 4.69) is 19.9 Å². The molecule has 4 aromatic rings. The lowest BCUT2D eigenvalue weighted by atomic mass is 10.1. The molecule has 1 N–H and O–H groups in total. The Kier molecular flexibility index (Phi) is 7.07. The van der Waals surface area contributed by atoms with Gasteiger partial charge in [-0.25, -0.2) is 18.7 Å². The summed E-state index contributed by atoms with van der Waals surface area (Å²) >= 11 is 6.40. The molecular formula is C26H24ClF2N5O3. The van der Waals surface area contributed by atoms with E-state index in [0.29, 0.717) is 34.4 Å². The van der Waals surface area contributed by atoms with Gasteiger partial charge in [-0.1, -0.05) is 11.6 Å². The van der Waals surface area contributed by atoms with Crippen LogP contribution in [0.15, 0.2) is 47.7 Å². The number of pyridine rings is 3. The van der Waals surface area contributed by atoms with Crippen LogP contribution >= 0.6 is 11.6 Å². The fraction of sp³-hybridized carbons (Fsp3) is 0.269. The fourth-order valence-electron chi connectivity index (χ4n) is 3.73. The van der Waals surface area contributed by atoms with E-state index in [-0.39, 0.29) is 22.3 Å². The lowest BCUT2D eigenvalue weighted by Crippen LogP contribution is -2.23. The van der Waals surface area contributed by atoms with E-state index in [0.717, 1.165) is 6.20 Å². The van der Waals surface area contributed by atoms with Gasteiger partial charge in [0.2, 0.25) is 0 Å². The smallest absolute Gasteiger partial charge is 0.277 e. The minimum Gasteiger partial charge on any atom is -0.482 e. The second kappa shape index (κ2) is 9.95. The Balaban J connectivity index is 1.75. The van der Waals surface area contributed by atoms with Gasteiger partial charge in [-0.15, -0.1) is 0 Å². The molecule has 4 heterocycles. The number of nitrogens with zero attached hydrogens (tertiary/aromatic N) is 5. The first-order valence-electron chi connectivity index (χ1n) is 11.3. The maximum Gasteiger partial charge on any atom is 0.277 e. The quantitative estimate of drug-likeness (QED) is 0.376. The van der Waals surface area contributed by atoms with Gasteiger partial charge >= 0.3 is 0 Å². The molecule has 8 nitrogen and oxygen atoms in total. The molecule has 0 saturated carbocycles. The molecule has 192 valence electrons. The van der Waals surface area contributed by atoms with E-state index in [9.17, 15) is 18.7 Å². The van der Waals surface area contributed by atoms with E-state index in [1.165, 1.54) is 17.7 Å². The predicted octanol–water partition coefficient (Wildman–Crippen LogP) is 5.00. The summed E-state index contributed by atoms with van der Waals surface area (Å²) in [5.41, 5.74) is 0.703. The van der Waals surface area contributed by atoms with E-state index in [1.54, 1.807) is 52.1 Å².